The SMILES string of the molecule is COc1cc2nncc(N3CCc4ccc(C)cc4C3)c2cc1C(C)O. The first-order valence-electron chi connectivity index (χ1n) is 8.91. The molecule has 0 amide bonds. The van der Waals surface area contributed by atoms with E-state index in [1.165, 1.54) is 16.7 Å². The van der Waals surface area contributed by atoms with Crippen molar-refractivity contribution in [2.75, 3.05) is 18.6 Å². The molecule has 1 aromatic heterocycles. The molecule has 1 aliphatic rings. The number of aliphatic hydroxyl groups is 1. The van der Waals surface area contributed by atoms with Gasteiger partial charge in [-0.3, -0.25) is 0 Å². The van der Waals surface area contributed by atoms with Crippen LogP contribution in [0, 0.1) is 6.92 Å². The van der Waals surface area contributed by atoms with Crippen LogP contribution in [0.4, 0.5) is 5.69 Å². The lowest BCUT2D eigenvalue weighted by Gasteiger charge is -2.31. The smallest absolute Gasteiger partial charge is 0.126 e. The summed E-state index contributed by atoms with van der Waals surface area (Å²) in [7, 11) is 1.61. The van der Waals surface area contributed by atoms with E-state index < -0.39 is 6.10 Å². The van der Waals surface area contributed by atoms with Gasteiger partial charge in [-0.25, -0.2) is 0 Å². The van der Waals surface area contributed by atoms with Gasteiger partial charge in [-0.05, 0) is 37.5 Å². The normalized spacial score (nSPS) is 15.0. The second-order valence-corrected chi connectivity index (χ2v) is 6.96. The number of ether oxygens (including phenoxy) is 1. The number of nitrogens with zero attached hydrogens (tertiary/aromatic N) is 3. The highest BCUT2D eigenvalue weighted by molar-refractivity contribution is 5.92. The summed E-state index contributed by atoms with van der Waals surface area (Å²) in [5, 5.41) is 19.6. The summed E-state index contributed by atoms with van der Waals surface area (Å²) >= 11 is 0. The van der Waals surface area contributed by atoms with Gasteiger partial charge in [0.05, 0.1) is 30.6 Å². The molecule has 4 rings (SSSR count). The van der Waals surface area contributed by atoms with E-state index in [0.717, 1.165) is 41.7 Å². The summed E-state index contributed by atoms with van der Waals surface area (Å²) < 4.78 is 5.42. The third-order valence-electron chi connectivity index (χ3n) is 5.13. The molecule has 0 bridgehead atoms. The Balaban J connectivity index is 1.80. The van der Waals surface area contributed by atoms with Crippen molar-refractivity contribution in [2.45, 2.75) is 32.9 Å². The van der Waals surface area contributed by atoms with E-state index >= 15 is 0 Å². The maximum absolute atomic E-state index is 10.1. The molecule has 0 radical (unpaired) electrons. The van der Waals surface area contributed by atoms with Gasteiger partial charge in [-0.1, -0.05) is 23.8 Å². The number of hydrogen-bond donors (Lipinski definition) is 1. The summed E-state index contributed by atoms with van der Waals surface area (Å²) in [4.78, 5) is 2.34. The van der Waals surface area contributed by atoms with Gasteiger partial charge in [0.2, 0.25) is 0 Å². The largest absolute Gasteiger partial charge is 0.496 e. The van der Waals surface area contributed by atoms with Crippen LogP contribution in [-0.2, 0) is 13.0 Å². The number of fused-ring (bicyclic) bond motifs is 2. The molecule has 0 aliphatic carbocycles. The van der Waals surface area contributed by atoms with Crippen molar-refractivity contribution < 1.29 is 9.84 Å². The minimum Gasteiger partial charge on any atom is -0.496 e. The zero-order valence-corrected chi connectivity index (χ0v) is 15.4. The van der Waals surface area contributed by atoms with Crippen molar-refractivity contribution in [1.29, 1.82) is 0 Å². The van der Waals surface area contributed by atoms with E-state index in [4.69, 9.17) is 4.74 Å². The van der Waals surface area contributed by atoms with Crippen molar-refractivity contribution >= 4 is 16.6 Å². The number of aromatic nitrogens is 2. The predicted molar refractivity (Wildman–Crippen MR) is 103 cm³/mol. The zero-order chi connectivity index (χ0) is 18.3. The predicted octanol–water partition coefficient (Wildman–Crippen LogP) is 3.56. The van der Waals surface area contributed by atoms with Gasteiger partial charge in [0.1, 0.15) is 5.75 Å². The lowest BCUT2D eigenvalue weighted by Crippen LogP contribution is -2.30. The van der Waals surface area contributed by atoms with Crippen LogP contribution in [0.3, 0.4) is 0 Å². The van der Waals surface area contributed by atoms with Crippen LogP contribution in [-0.4, -0.2) is 29.0 Å². The van der Waals surface area contributed by atoms with Crippen molar-refractivity contribution in [3.63, 3.8) is 0 Å². The Morgan fingerprint density at radius 3 is 2.81 bits per heavy atom. The number of aryl methyl sites for hydroxylation is 1. The Morgan fingerprint density at radius 2 is 2.04 bits per heavy atom. The van der Waals surface area contributed by atoms with Crippen molar-refractivity contribution in [2.24, 2.45) is 0 Å². The summed E-state index contributed by atoms with van der Waals surface area (Å²) in [5.41, 5.74) is 6.66. The van der Waals surface area contributed by atoms with Crippen LogP contribution in [0.5, 0.6) is 5.75 Å². The van der Waals surface area contributed by atoms with Crippen molar-refractivity contribution in [3.05, 3.63) is 58.8 Å². The highest BCUT2D eigenvalue weighted by Gasteiger charge is 2.20. The fraction of sp³-hybridized carbons (Fsp3) is 0.333. The van der Waals surface area contributed by atoms with E-state index in [9.17, 15) is 5.11 Å². The Kier molecular flexibility index (Phi) is 4.24. The standard InChI is InChI=1S/C21H23N3O2/c1-13-4-5-15-6-7-24(12-16(15)8-13)20-11-22-23-19-10-21(26-3)17(14(2)25)9-18(19)20/h4-5,8-11,14,25H,6-7,12H2,1-3H3. The van der Waals surface area contributed by atoms with E-state index in [1.54, 1.807) is 14.0 Å². The molecular weight excluding hydrogens is 326 g/mol. The summed E-state index contributed by atoms with van der Waals surface area (Å²) in [6.07, 6.45) is 2.22. The zero-order valence-electron chi connectivity index (χ0n) is 15.4. The topological polar surface area (TPSA) is 58.5 Å². The van der Waals surface area contributed by atoms with E-state index in [-0.39, 0.29) is 0 Å². The first-order chi connectivity index (χ1) is 12.6. The highest BCUT2D eigenvalue weighted by atomic mass is 16.5. The quantitative estimate of drug-likeness (QED) is 0.783. The minimum atomic E-state index is -0.611. The average molecular weight is 349 g/mol. The maximum Gasteiger partial charge on any atom is 0.126 e. The van der Waals surface area contributed by atoms with Crippen LogP contribution in [0.25, 0.3) is 10.9 Å². The van der Waals surface area contributed by atoms with Gasteiger partial charge >= 0.3 is 0 Å². The molecule has 1 N–H and O–H groups in total. The molecular formula is C21H23N3O2. The Morgan fingerprint density at radius 1 is 1.19 bits per heavy atom. The molecule has 0 fully saturated rings. The molecule has 0 saturated carbocycles. The van der Waals surface area contributed by atoms with Gasteiger partial charge in [0, 0.05) is 30.1 Å². The molecule has 3 aromatic rings. The van der Waals surface area contributed by atoms with Gasteiger partial charge in [-0.15, -0.1) is 0 Å². The molecule has 2 aromatic carbocycles. The fourth-order valence-corrected chi connectivity index (χ4v) is 3.74. The van der Waals surface area contributed by atoms with Crippen molar-refractivity contribution in [3.8, 4) is 5.75 Å². The Bertz CT molecular complexity index is 969. The summed E-state index contributed by atoms with van der Waals surface area (Å²) in [6.45, 7) is 5.67. The number of anilines is 1. The van der Waals surface area contributed by atoms with E-state index in [1.807, 2.05) is 18.3 Å². The molecule has 5 nitrogen and oxygen atoms in total. The molecule has 1 unspecified atom stereocenters. The van der Waals surface area contributed by atoms with Crippen LogP contribution < -0.4 is 9.64 Å². The molecule has 0 spiro atoms. The lowest BCUT2D eigenvalue weighted by molar-refractivity contribution is 0.194. The molecule has 2 heterocycles. The summed E-state index contributed by atoms with van der Waals surface area (Å²) in [6, 6.07) is 10.5. The number of aliphatic hydroxyl groups excluding tert-OH is 1. The first-order valence-corrected chi connectivity index (χ1v) is 8.91. The molecule has 5 heteroatoms. The lowest BCUT2D eigenvalue weighted by atomic mass is 9.97. The van der Waals surface area contributed by atoms with Gasteiger partial charge < -0.3 is 14.7 Å². The number of rotatable bonds is 3. The molecule has 134 valence electrons. The fourth-order valence-electron chi connectivity index (χ4n) is 3.74. The van der Waals surface area contributed by atoms with E-state index in [2.05, 4.69) is 40.2 Å². The minimum absolute atomic E-state index is 0.611. The van der Waals surface area contributed by atoms with Crippen LogP contribution in [0.1, 0.15) is 35.3 Å². The second kappa shape index (κ2) is 6.57. The monoisotopic (exact) mass is 349 g/mol. The second-order valence-electron chi connectivity index (χ2n) is 6.96. The highest BCUT2D eigenvalue weighted by Crippen LogP contribution is 2.35. The van der Waals surface area contributed by atoms with Crippen LogP contribution in [0.2, 0.25) is 0 Å². The Hall–Kier alpha value is -2.66. The van der Waals surface area contributed by atoms with Crippen molar-refractivity contribution in [1.82, 2.24) is 10.2 Å². The van der Waals surface area contributed by atoms with Gasteiger partial charge in [0.25, 0.3) is 0 Å². The maximum atomic E-state index is 10.1. The third kappa shape index (κ3) is 2.88. The van der Waals surface area contributed by atoms with Gasteiger partial charge in [0.15, 0.2) is 0 Å². The summed E-state index contributed by atoms with van der Waals surface area (Å²) in [5.74, 6) is 0.638. The number of methoxy groups -OCH3 is 1. The average Bonchev–Trinajstić information content (AvgIpc) is 2.65. The number of hydrogen-bond acceptors (Lipinski definition) is 5. The molecule has 0 saturated heterocycles. The first kappa shape index (κ1) is 16.8. The Labute approximate surface area is 153 Å². The third-order valence-corrected chi connectivity index (χ3v) is 5.13. The van der Waals surface area contributed by atoms with Crippen LogP contribution >= 0.6 is 0 Å². The number of benzene rings is 2. The van der Waals surface area contributed by atoms with Gasteiger partial charge in [-0.2, -0.15) is 10.2 Å². The van der Waals surface area contributed by atoms with E-state index in [0.29, 0.717) is 5.75 Å². The molecule has 26 heavy (non-hydrogen) atoms. The molecule has 1 aliphatic heterocycles. The molecule has 1 atom stereocenters. The van der Waals surface area contributed by atoms with Crippen LogP contribution in [0.15, 0.2) is 36.5 Å².